The standard InChI is InChI=1S/C13H17NO5/c1-13(2,12(17)14-8-11(15)16)19-10-7-5-4-6-9(10)18-3/h4-7H,8H2,1-3H3,(H,14,17)(H,15,16). The highest BCUT2D eigenvalue weighted by Gasteiger charge is 2.31. The molecular weight excluding hydrogens is 250 g/mol. The fourth-order valence-corrected chi connectivity index (χ4v) is 1.39. The van der Waals surface area contributed by atoms with Gasteiger partial charge in [0.1, 0.15) is 6.54 Å². The van der Waals surface area contributed by atoms with Gasteiger partial charge in [0.05, 0.1) is 7.11 Å². The second-order valence-corrected chi connectivity index (χ2v) is 4.34. The Morgan fingerprint density at radius 3 is 2.37 bits per heavy atom. The molecule has 0 aliphatic rings. The van der Waals surface area contributed by atoms with Crippen molar-refractivity contribution >= 4 is 11.9 Å². The maximum Gasteiger partial charge on any atom is 0.322 e. The van der Waals surface area contributed by atoms with E-state index in [1.165, 1.54) is 7.11 Å². The molecule has 6 nitrogen and oxygen atoms in total. The highest BCUT2D eigenvalue weighted by Crippen LogP contribution is 2.29. The van der Waals surface area contributed by atoms with Gasteiger partial charge in [0.2, 0.25) is 0 Å². The molecule has 0 saturated carbocycles. The van der Waals surface area contributed by atoms with Crippen LogP contribution < -0.4 is 14.8 Å². The largest absolute Gasteiger partial charge is 0.493 e. The van der Waals surface area contributed by atoms with Crippen LogP contribution in [0.5, 0.6) is 11.5 Å². The zero-order chi connectivity index (χ0) is 14.5. The summed E-state index contributed by atoms with van der Waals surface area (Å²) in [6, 6.07) is 6.91. The predicted molar refractivity (Wildman–Crippen MR) is 68.3 cm³/mol. The number of benzene rings is 1. The van der Waals surface area contributed by atoms with Crippen molar-refractivity contribution in [3.8, 4) is 11.5 Å². The molecule has 19 heavy (non-hydrogen) atoms. The maximum absolute atomic E-state index is 11.8. The predicted octanol–water partition coefficient (Wildman–Crippen LogP) is 1.05. The number of nitrogens with one attached hydrogen (secondary N) is 1. The summed E-state index contributed by atoms with van der Waals surface area (Å²) in [5, 5.41) is 10.8. The quantitative estimate of drug-likeness (QED) is 0.804. The van der Waals surface area contributed by atoms with Gasteiger partial charge in [0.25, 0.3) is 5.91 Å². The van der Waals surface area contributed by atoms with E-state index in [2.05, 4.69) is 5.32 Å². The molecule has 0 aromatic heterocycles. The third-order valence-corrected chi connectivity index (χ3v) is 2.38. The molecule has 6 heteroatoms. The molecule has 2 N–H and O–H groups in total. The van der Waals surface area contributed by atoms with Crippen LogP contribution >= 0.6 is 0 Å². The van der Waals surface area contributed by atoms with E-state index in [9.17, 15) is 9.59 Å². The highest BCUT2D eigenvalue weighted by molar-refractivity contribution is 5.87. The zero-order valence-electron chi connectivity index (χ0n) is 11.1. The molecule has 0 unspecified atom stereocenters. The van der Waals surface area contributed by atoms with Gasteiger partial charge in [-0.05, 0) is 26.0 Å². The average molecular weight is 267 g/mol. The fourth-order valence-electron chi connectivity index (χ4n) is 1.39. The zero-order valence-corrected chi connectivity index (χ0v) is 11.1. The molecule has 0 radical (unpaired) electrons. The number of carbonyl (C=O) groups excluding carboxylic acids is 1. The second kappa shape index (κ2) is 6.08. The third-order valence-electron chi connectivity index (χ3n) is 2.38. The number of hydrogen-bond donors (Lipinski definition) is 2. The molecule has 0 spiro atoms. The van der Waals surface area contributed by atoms with Crippen LogP contribution in [0.25, 0.3) is 0 Å². The summed E-state index contributed by atoms with van der Waals surface area (Å²) in [5.74, 6) is -0.704. The molecule has 1 amide bonds. The minimum absolute atomic E-state index is 0.417. The lowest BCUT2D eigenvalue weighted by molar-refractivity contribution is -0.141. The number of rotatable bonds is 6. The van der Waals surface area contributed by atoms with Crippen molar-refractivity contribution in [2.75, 3.05) is 13.7 Å². The topological polar surface area (TPSA) is 84.9 Å². The van der Waals surface area contributed by atoms with E-state index in [4.69, 9.17) is 14.6 Å². The number of aliphatic carboxylic acids is 1. The second-order valence-electron chi connectivity index (χ2n) is 4.34. The first-order valence-electron chi connectivity index (χ1n) is 5.69. The minimum Gasteiger partial charge on any atom is -0.493 e. The van der Waals surface area contributed by atoms with Crippen molar-refractivity contribution in [1.29, 1.82) is 0 Å². The Bertz CT molecular complexity index is 470. The van der Waals surface area contributed by atoms with E-state index in [0.29, 0.717) is 11.5 Å². The van der Waals surface area contributed by atoms with E-state index in [0.717, 1.165) is 0 Å². The lowest BCUT2D eigenvalue weighted by Crippen LogP contribution is -2.48. The van der Waals surface area contributed by atoms with Crippen molar-refractivity contribution in [1.82, 2.24) is 5.32 Å². The van der Waals surface area contributed by atoms with Gasteiger partial charge in [0.15, 0.2) is 17.1 Å². The Labute approximate surface area is 111 Å². The molecule has 0 fully saturated rings. The number of para-hydroxylation sites is 2. The number of ether oxygens (including phenoxy) is 2. The van der Waals surface area contributed by atoms with Gasteiger partial charge in [-0.25, -0.2) is 0 Å². The number of amides is 1. The van der Waals surface area contributed by atoms with E-state index < -0.39 is 24.0 Å². The molecule has 0 heterocycles. The summed E-state index contributed by atoms with van der Waals surface area (Å²) in [6.07, 6.45) is 0. The summed E-state index contributed by atoms with van der Waals surface area (Å²) in [7, 11) is 1.50. The molecule has 1 rings (SSSR count). The first-order chi connectivity index (χ1) is 8.86. The first kappa shape index (κ1) is 14.8. The van der Waals surface area contributed by atoms with Gasteiger partial charge in [-0.1, -0.05) is 12.1 Å². The Morgan fingerprint density at radius 2 is 1.84 bits per heavy atom. The summed E-state index contributed by atoms with van der Waals surface area (Å²) in [5.41, 5.74) is -1.20. The molecule has 0 bridgehead atoms. The molecule has 0 aliphatic carbocycles. The van der Waals surface area contributed by atoms with Crippen molar-refractivity contribution < 1.29 is 24.2 Å². The van der Waals surface area contributed by atoms with Crippen molar-refractivity contribution in [3.05, 3.63) is 24.3 Å². The van der Waals surface area contributed by atoms with E-state index in [1.807, 2.05) is 0 Å². The van der Waals surface area contributed by atoms with Gasteiger partial charge in [-0.3, -0.25) is 9.59 Å². The molecule has 0 atom stereocenters. The van der Waals surface area contributed by atoms with Gasteiger partial charge in [-0.2, -0.15) is 0 Å². The Kier molecular flexibility index (Phi) is 4.74. The highest BCUT2D eigenvalue weighted by atomic mass is 16.5. The van der Waals surface area contributed by atoms with Gasteiger partial charge < -0.3 is 19.9 Å². The molecule has 0 saturated heterocycles. The molecule has 1 aromatic carbocycles. The van der Waals surface area contributed by atoms with Crippen LogP contribution in [-0.2, 0) is 9.59 Å². The lowest BCUT2D eigenvalue weighted by Gasteiger charge is -2.25. The van der Waals surface area contributed by atoms with E-state index in [-0.39, 0.29) is 0 Å². The van der Waals surface area contributed by atoms with Crippen LogP contribution in [0.1, 0.15) is 13.8 Å². The number of methoxy groups -OCH3 is 1. The van der Waals surface area contributed by atoms with Gasteiger partial charge in [0, 0.05) is 0 Å². The van der Waals surface area contributed by atoms with Crippen molar-refractivity contribution in [3.63, 3.8) is 0 Å². The number of carbonyl (C=O) groups is 2. The van der Waals surface area contributed by atoms with Crippen LogP contribution in [0.3, 0.4) is 0 Å². The monoisotopic (exact) mass is 267 g/mol. The van der Waals surface area contributed by atoms with Gasteiger partial charge in [-0.15, -0.1) is 0 Å². The lowest BCUT2D eigenvalue weighted by atomic mass is 10.1. The Morgan fingerprint density at radius 1 is 1.26 bits per heavy atom. The Hall–Kier alpha value is -2.24. The minimum atomic E-state index is -1.20. The summed E-state index contributed by atoms with van der Waals surface area (Å²) >= 11 is 0. The smallest absolute Gasteiger partial charge is 0.322 e. The number of hydrogen-bond acceptors (Lipinski definition) is 4. The SMILES string of the molecule is COc1ccccc1OC(C)(C)C(=O)NCC(=O)O. The van der Waals surface area contributed by atoms with Crippen LogP contribution in [0.2, 0.25) is 0 Å². The summed E-state index contributed by atoms with van der Waals surface area (Å²) in [4.78, 5) is 22.2. The average Bonchev–Trinajstić information content (AvgIpc) is 2.36. The first-order valence-corrected chi connectivity index (χ1v) is 5.69. The van der Waals surface area contributed by atoms with E-state index >= 15 is 0 Å². The Balaban J connectivity index is 2.78. The summed E-state index contributed by atoms with van der Waals surface area (Å²) in [6.45, 7) is 2.66. The molecule has 0 aliphatic heterocycles. The number of carboxylic acids is 1. The van der Waals surface area contributed by atoms with Crippen LogP contribution in [0.4, 0.5) is 0 Å². The number of carboxylic acid groups (broad SMARTS) is 1. The van der Waals surface area contributed by atoms with Crippen molar-refractivity contribution in [2.45, 2.75) is 19.4 Å². The van der Waals surface area contributed by atoms with Crippen LogP contribution in [-0.4, -0.2) is 36.2 Å². The molecule has 104 valence electrons. The van der Waals surface area contributed by atoms with Crippen LogP contribution in [0.15, 0.2) is 24.3 Å². The van der Waals surface area contributed by atoms with Crippen LogP contribution in [0, 0.1) is 0 Å². The van der Waals surface area contributed by atoms with E-state index in [1.54, 1.807) is 38.1 Å². The fraction of sp³-hybridized carbons (Fsp3) is 0.385. The van der Waals surface area contributed by atoms with Crippen molar-refractivity contribution in [2.24, 2.45) is 0 Å². The maximum atomic E-state index is 11.8. The molecular formula is C13H17NO5. The summed E-state index contributed by atoms with van der Waals surface area (Å²) < 4.78 is 10.7. The van der Waals surface area contributed by atoms with Gasteiger partial charge >= 0.3 is 5.97 Å². The molecule has 1 aromatic rings. The third kappa shape index (κ3) is 4.17. The normalized spacial score (nSPS) is 10.7.